The van der Waals surface area contributed by atoms with Gasteiger partial charge in [0.2, 0.25) is 0 Å². The molecule has 1 aromatic carbocycles. The minimum atomic E-state index is -0.823. The highest BCUT2D eigenvalue weighted by atomic mass is 16.5. The van der Waals surface area contributed by atoms with Crippen LogP contribution in [0.4, 0.5) is 0 Å². The van der Waals surface area contributed by atoms with E-state index < -0.39 is 5.97 Å². The quantitative estimate of drug-likeness (QED) is 0.671. The number of carboxylic acid groups (broad SMARTS) is 1. The lowest BCUT2D eigenvalue weighted by molar-refractivity contribution is -0.138. The largest absolute Gasteiger partial charge is 0.481 e. The fraction of sp³-hybridized carbons (Fsp3) is 0.533. The van der Waals surface area contributed by atoms with Gasteiger partial charge in [0, 0.05) is 12.1 Å². The maximum atomic E-state index is 10.4. The van der Waals surface area contributed by atoms with Gasteiger partial charge in [0.05, 0.1) is 19.6 Å². The van der Waals surface area contributed by atoms with E-state index in [-0.39, 0.29) is 19.1 Å². The monoisotopic (exact) mass is 265 g/mol. The molecule has 0 amide bonds. The summed E-state index contributed by atoms with van der Waals surface area (Å²) in [6, 6.07) is 10.8. The van der Waals surface area contributed by atoms with E-state index in [1.165, 1.54) is 5.56 Å². The topological polar surface area (TPSA) is 58.6 Å². The summed E-state index contributed by atoms with van der Waals surface area (Å²) in [5.74, 6) is -0.823. The molecule has 1 atom stereocenters. The predicted molar refractivity (Wildman–Crippen MR) is 75.3 cm³/mol. The summed E-state index contributed by atoms with van der Waals surface area (Å²) in [7, 11) is 0. The minimum Gasteiger partial charge on any atom is -0.481 e. The van der Waals surface area contributed by atoms with E-state index in [9.17, 15) is 4.79 Å². The van der Waals surface area contributed by atoms with Gasteiger partial charge in [-0.1, -0.05) is 44.2 Å². The Morgan fingerprint density at radius 3 is 2.58 bits per heavy atom. The Morgan fingerprint density at radius 1 is 1.32 bits per heavy atom. The Bertz CT molecular complexity index is 365. The first kappa shape index (κ1) is 15.7. The SMILES string of the molecule is CC(C)NC(COCCC(=O)O)Cc1ccccc1. The van der Waals surface area contributed by atoms with Gasteiger partial charge < -0.3 is 15.2 Å². The van der Waals surface area contributed by atoms with Crippen LogP contribution in [0.25, 0.3) is 0 Å². The maximum absolute atomic E-state index is 10.4. The van der Waals surface area contributed by atoms with Gasteiger partial charge in [0.1, 0.15) is 0 Å². The van der Waals surface area contributed by atoms with E-state index in [1.54, 1.807) is 0 Å². The Morgan fingerprint density at radius 2 is 2.00 bits per heavy atom. The van der Waals surface area contributed by atoms with Crippen molar-refractivity contribution >= 4 is 5.97 Å². The number of aliphatic carboxylic acids is 1. The van der Waals surface area contributed by atoms with Crippen LogP contribution in [0, 0.1) is 0 Å². The van der Waals surface area contributed by atoms with Crippen molar-refractivity contribution in [3.63, 3.8) is 0 Å². The third kappa shape index (κ3) is 7.59. The smallest absolute Gasteiger partial charge is 0.305 e. The molecule has 4 nitrogen and oxygen atoms in total. The van der Waals surface area contributed by atoms with E-state index in [0.29, 0.717) is 12.6 Å². The number of benzene rings is 1. The zero-order valence-electron chi connectivity index (χ0n) is 11.6. The highest BCUT2D eigenvalue weighted by molar-refractivity contribution is 5.66. The minimum absolute atomic E-state index is 0.0553. The molecule has 19 heavy (non-hydrogen) atoms. The first-order valence-electron chi connectivity index (χ1n) is 6.67. The van der Waals surface area contributed by atoms with Crippen molar-refractivity contribution < 1.29 is 14.6 Å². The van der Waals surface area contributed by atoms with Gasteiger partial charge in [-0.25, -0.2) is 0 Å². The summed E-state index contributed by atoms with van der Waals surface area (Å²) in [4.78, 5) is 10.4. The molecule has 0 saturated carbocycles. The molecule has 0 spiro atoms. The lowest BCUT2D eigenvalue weighted by atomic mass is 10.1. The standard InChI is InChI=1S/C15H23NO3/c1-12(2)16-14(11-19-9-8-15(17)18)10-13-6-4-3-5-7-13/h3-7,12,14,16H,8-11H2,1-2H3,(H,17,18). The summed E-state index contributed by atoms with van der Waals surface area (Å²) in [6.07, 6.45) is 0.936. The first-order chi connectivity index (χ1) is 9.08. The Kier molecular flexibility index (Phi) is 7.15. The van der Waals surface area contributed by atoms with Crippen LogP contribution in [-0.2, 0) is 16.0 Å². The van der Waals surface area contributed by atoms with Crippen LogP contribution in [0.2, 0.25) is 0 Å². The lowest BCUT2D eigenvalue weighted by Gasteiger charge is -2.21. The Labute approximate surface area is 114 Å². The molecule has 1 aromatic rings. The molecule has 0 aliphatic heterocycles. The van der Waals surface area contributed by atoms with Gasteiger partial charge in [-0.2, -0.15) is 0 Å². The molecule has 1 rings (SSSR count). The van der Waals surface area contributed by atoms with Crippen LogP contribution in [0.15, 0.2) is 30.3 Å². The van der Waals surface area contributed by atoms with Crippen LogP contribution in [0.3, 0.4) is 0 Å². The maximum Gasteiger partial charge on any atom is 0.305 e. The van der Waals surface area contributed by atoms with Crippen molar-refractivity contribution in [3.05, 3.63) is 35.9 Å². The molecule has 1 unspecified atom stereocenters. The number of ether oxygens (including phenoxy) is 1. The lowest BCUT2D eigenvalue weighted by Crippen LogP contribution is -2.40. The van der Waals surface area contributed by atoms with Crippen molar-refractivity contribution in [2.24, 2.45) is 0 Å². The van der Waals surface area contributed by atoms with Crippen molar-refractivity contribution in [2.75, 3.05) is 13.2 Å². The van der Waals surface area contributed by atoms with Crippen LogP contribution in [0.5, 0.6) is 0 Å². The average molecular weight is 265 g/mol. The molecule has 0 aromatic heterocycles. The second-order valence-corrected chi connectivity index (χ2v) is 4.93. The van der Waals surface area contributed by atoms with Gasteiger partial charge in [-0.15, -0.1) is 0 Å². The summed E-state index contributed by atoms with van der Waals surface area (Å²) in [5, 5.41) is 12.0. The molecule has 0 saturated heterocycles. The fourth-order valence-electron chi connectivity index (χ4n) is 1.92. The molecule has 0 bridgehead atoms. The molecule has 0 fully saturated rings. The number of nitrogens with one attached hydrogen (secondary N) is 1. The molecular formula is C15H23NO3. The van der Waals surface area contributed by atoms with Gasteiger partial charge in [0.15, 0.2) is 0 Å². The highest BCUT2D eigenvalue weighted by Gasteiger charge is 2.11. The fourth-order valence-corrected chi connectivity index (χ4v) is 1.92. The van der Waals surface area contributed by atoms with E-state index in [1.807, 2.05) is 18.2 Å². The zero-order valence-corrected chi connectivity index (χ0v) is 11.6. The Balaban J connectivity index is 2.40. The normalized spacial score (nSPS) is 12.6. The number of carbonyl (C=O) groups is 1. The Hall–Kier alpha value is -1.39. The van der Waals surface area contributed by atoms with Gasteiger partial charge in [-0.3, -0.25) is 4.79 Å². The number of carboxylic acids is 1. The third-order valence-corrected chi connectivity index (χ3v) is 2.67. The van der Waals surface area contributed by atoms with Gasteiger partial charge in [0.25, 0.3) is 0 Å². The molecule has 106 valence electrons. The highest BCUT2D eigenvalue weighted by Crippen LogP contribution is 2.04. The summed E-state index contributed by atoms with van der Waals surface area (Å²) >= 11 is 0. The number of hydrogen-bond donors (Lipinski definition) is 2. The van der Waals surface area contributed by atoms with E-state index in [2.05, 4.69) is 31.3 Å². The summed E-state index contributed by atoms with van der Waals surface area (Å²) in [6.45, 7) is 4.98. The predicted octanol–water partition coefficient (Wildman–Crippen LogP) is 2.09. The van der Waals surface area contributed by atoms with Crippen molar-refractivity contribution in [3.8, 4) is 0 Å². The molecule has 2 N–H and O–H groups in total. The van der Waals surface area contributed by atoms with E-state index in [4.69, 9.17) is 9.84 Å². The van der Waals surface area contributed by atoms with E-state index in [0.717, 1.165) is 6.42 Å². The zero-order chi connectivity index (χ0) is 14.1. The van der Waals surface area contributed by atoms with Crippen LogP contribution in [0.1, 0.15) is 25.8 Å². The molecule has 0 aliphatic rings. The molecule has 0 aliphatic carbocycles. The van der Waals surface area contributed by atoms with Crippen LogP contribution >= 0.6 is 0 Å². The molecule has 4 heteroatoms. The van der Waals surface area contributed by atoms with Crippen molar-refractivity contribution in [1.82, 2.24) is 5.32 Å². The number of hydrogen-bond acceptors (Lipinski definition) is 3. The van der Waals surface area contributed by atoms with Gasteiger partial charge >= 0.3 is 5.97 Å². The van der Waals surface area contributed by atoms with Crippen LogP contribution < -0.4 is 5.32 Å². The second kappa shape index (κ2) is 8.67. The van der Waals surface area contributed by atoms with Gasteiger partial charge in [-0.05, 0) is 12.0 Å². The van der Waals surface area contributed by atoms with E-state index >= 15 is 0 Å². The third-order valence-electron chi connectivity index (χ3n) is 2.67. The molecule has 0 radical (unpaired) electrons. The second-order valence-electron chi connectivity index (χ2n) is 4.93. The average Bonchev–Trinajstić information content (AvgIpc) is 2.35. The van der Waals surface area contributed by atoms with Crippen molar-refractivity contribution in [1.29, 1.82) is 0 Å². The molecule has 0 heterocycles. The summed E-state index contributed by atoms with van der Waals surface area (Å²) < 4.78 is 5.44. The van der Waals surface area contributed by atoms with Crippen molar-refractivity contribution in [2.45, 2.75) is 38.8 Å². The molecular weight excluding hydrogens is 242 g/mol. The van der Waals surface area contributed by atoms with Crippen LogP contribution in [-0.4, -0.2) is 36.4 Å². The number of rotatable bonds is 9. The first-order valence-corrected chi connectivity index (χ1v) is 6.67. The summed E-state index contributed by atoms with van der Waals surface area (Å²) in [5.41, 5.74) is 1.25.